The van der Waals surface area contributed by atoms with Crippen molar-refractivity contribution in [3.8, 4) is 0 Å². The van der Waals surface area contributed by atoms with Crippen LogP contribution in [0.1, 0.15) is 47.5 Å². The van der Waals surface area contributed by atoms with E-state index in [1.807, 2.05) is 12.1 Å². The van der Waals surface area contributed by atoms with Gasteiger partial charge in [0.05, 0.1) is 11.1 Å². The Bertz CT molecular complexity index is 520. The number of nitrogens with zero attached hydrogens (tertiary/aromatic N) is 1. The van der Waals surface area contributed by atoms with Crippen molar-refractivity contribution in [2.45, 2.75) is 39.0 Å². The molecule has 0 atom stereocenters. The number of aryl methyl sites for hydroxylation is 1. The standard InChI is InChI=1S/C14H17NO2S/c1-14(2,3)13-7-6-12(18-13)11(16)5-4-10-8-9-15-17-10/h6-9H,4-5H2,1-3H3. The highest BCUT2D eigenvalue weighted by Crippen LogP contribution is 2.30. The van der Waals surface area contributed by atoms with E-state index in [1.165, 1.54) is 4.88 Å². The van der Waals surface area contributed by atoms with Gasteiger partial charge in [-0.25, -0.2) is 0 Å². The average Bonchev–Trinajstić information content (AvgIpc) is 2.96. The van der Waals surface area contributed by atoms with Crippen LogP contribution in [0.25, 0.3) is 0 Å². The number of hydrogen-bond acceptors (Lipinski definition) is 4. The Labute approximate surface area is 111 Å². The van der Waals surface area contributed by atoms with E-state index in [4.69, 9.17) is 4.52 Å². The highest BCUT2D eigenvalue weighted by atomic mass is 32.1. The second kappa shape index (κ2) is 5.06. The molecule has 0 saturated carbocycles. The van der Waals surface area contributed by atoms with Crippen LogP contribution in [0.15, 0.2) is 28.9 Å². The summed E-state index contributed by atoms with van der Waals surface area (Å²) in [5.41, 5.74) is 0.105. The third-order valence-electron chi connectivity index (χ3n) is 2.71. The fourth-order valence-corrected chi connectivity index (χ4v) is 2.65. The van der Waals surface area contributed by atoms with Crippen LogP contribution >= 0.6 is 11.3 Å². The zero-order valence-electron chi connectivity index (χ0n) is 10.9. The van der Waals surface area contributed by atoms with Crippen LogP contribution in [0.4, 0.5) is 0 Å². The SMILES string of the molecule is CC(C)(C)c1ccc(C(=O)CCc2ccno2)s1. The van der Waals surface area contributed by atoms with Gasteiger partial charge in [0.15, 0.2) is 5.78 Å². The van der Waals surface area contributed by atoms with Crippen LogP contribution in [-0.2, 0) is 11.8 Å². The van der Waals surface area contributed by atoms with Crippen molar-refractivity contribution >= 4 is 17.1 Å². The lowest BCUT2D eigenvalue weighted by Gasteiger charge is -2.15. The van der Waals surface area contributed by atoms with Crippen molar-refractivity contribution in [3.05, 3.63) is 39.9 Å². The number of ketones is 1. The second-order valence-corrected chi connectivity index (χ2v) is 6.40. The molecule has 2 aromatic rings. The monoisotopic (exact) mass is 263 g/mol. The van der Waals surface area contributed by atoms with E-state index in [2.05, 4.69) is 25.9 Å². The molecular weight excluding hydrogens is 246 g/mol. The van der Waals surface area contributed by atoms with Gasteiger partial charge in [-0.05, 0) is 17.5 Å². The Morgan fingerprint density at radius 2 is 2.11 bits per heavy atom. The Morgan fingerprint density at radius 3 is 2.67 bits per heavy atom. The highest BCUT2D eigenvalue weighted by Gasteiger charge is 2.18. The third-order valence-corrected chi connectivity index (χ3v) is 4.26. The summed E-state index contributed by atoms with van der Waals surface area (Å²) >= 11 is 1.59. The smallest absolute Gasteiger partial charge is 0.173 e. The van der Waals surface area contributed by atoms with E-state index >= 15 is 0 Å². The fraction of sp³-hybridized carbons (Fsp3) is 0.429. The van der Waals surface area contributed by atoms with Gasteiger partial charge in [-0.3, -0.25) is 4.79 Å². The number of aromatic nitrogens is 1. The van der Waals surface area contributed by atoms with Crippen molar-refractivity contribution in [2.24, 2.45) is 0 Å². The number of rotatable bonds is 4. The highest BCUT2D eigenvalue weighted by molar-refractivity contribution is 7.14. The first kappa shape index (κ1) is 13.0. The number of carbonyl (C=O) groups is 1. The van der Waals surface area contributed by atoms with Crippen molar-refractivity contribution in [3.63, 3.8) is 0 Å². The fourth-order valence-electron chi connectivity index (χ4n) is 1.62. The number of carbonyl (C=O) groups excluding carboxylic acids is 1. The molecule has 96 valence electrons. The molecule has 3 nitrogen and oxygen atoms in total. The lowest BCUT2D eigenvalue weighted by molar-refractivity contribution is 0.0984. The zero-order valence-corrected chi connectivity index (χ0v) is 11.7. The summed E-state index contributed by atoms with van der Waals surface area (Å²) in [4.78, 5) is 14.1. The first-order valence-corrected chi connectivity index (χ1v) is 6.81. The lowest BCUT2D eigenvalue weighted by atomic mass is 9.95. The first-order chi connectivity index (χ1) is 8.47. The summed E-state index contributed by atoms with van der Waals surface area (Å²) < 4.78 is 4.98. The molecule has 4 heteroatoms. The molecule has 0 radical (unpaired) electrons. The maximum absolute atomic E-state index is 12.0. The van der Waals surface area contributed by atoms with Gasteiger partial charge in [-0.15, -0.1) is 11.3 Å². The van der Waals surface area contributed by atoms with Gasteiger partial charge in [0, 0.05) is 23.8 Å². The van der Waals surface area contributed by atoms with Crippen LogP contribution in [0, 0.1) is 0 Å². The summed E-state index contributed by atoms with van der Waals surface area (Å²) in [6.45, 7) is 6.46. The predicted molar refractivity (Wildman–Crippen MR) is 72.2 cm³/mol. The Hall–Kier alpha value is -1.42. The van der Waals surface area contributed by atoms with Gasteiger partial charge in [0.1, 0.15) is 5.76 Å². The Balaban J connectivity index is 1.99. The van der Waals surface area contributed by atoms with Crippen LogP contribution in [0.2, 0.25) is 0 Å². The molecule has 0 bridgehead atoms. The van der Waals surface area contributed by atoms with Gasteiger partial charge in [-0.2, -0.15) is 0 Å². The molecule has 18 heavy (non-hydrogen) atoms. The maximum atomic E-state index is 12.0. The van der Waals surface area contributed by atoms with E-state index in [9.17, 15) is 4.79 Å². The Kier molecular flexibility index (Phi) is 3.66. The third kappa shape index (κ3) is 3.07. The zero-order chi connectivity index (χ0) is 13.2. The minimum atomic E-state index is 0.105. The summed E-state index contributed by atoms with van der Waals surface area (Å²) in [5.74, 6) is 0.933. The molecule has 2 heterocycles. The summed E-state index contributed by atoms with van der Waals surface area (Å²) in [7, 11) is 0. The minimum absolute atomic E-state index is 0.105. The van der Waals surface area contributed by atoms with E-state index in [-0.39, 0.29) is 11.2 Å². The lowest BCUT2D eigenvalue weighted by Crippen LogP contribution is -2.07. The van der Waals surface area contributed by atoms with Crippen molar-refractivity contribution < 1.29 is 9.32 Å². The van der Waals surface area contributed by atoms with E-state index in [0.29, 0.717) is 12.8 Å². The molecule has 0 fully saturated rings. The van der Waals surface area contributed by atoms with Gasteiger partial charge in [0.25, 0.3) is 0 Å². The summed E-state index contributed by atoms with van der Waals surface area (Å²) in [6.07, 6.45) is 2.68. The second-order valence-electron chi connectivity index (χ2n) is 5.32. The van der Waals surface area contributed by atoms with E-state index in [1.54, 1.807) is 23.6 Å². The number of Topliss-reactive ketones (excluding diaryl/α,β-unsaturated/α-hetero) is 1. The van der Waals surface area contributed by atoms with Crippen LogP contribution in [0.5, 0.6) is 0 Å². The van der Waals surface area contributed by atoms with Crippen LogP contribution < -0.4 is 0 Å². The molecule has 2 aromatic heterocycles. The topological polar surface area (TPSA) is 43.1 Å². The van der Waals surface area contributed by atoms with Crippen LogP contribution in [-0.4, -0.2) is 10.9 Å². The summed E-state index contributed by atoms with van der Waals surface area (Å²) in [6, 6.07) is 5.77. The molecule has 0 amide bonds. The largest absolute Gasteiger partial charge is 0.361 e. The van der Waals surface area contributed by atoms with Gasteiger partial charge in [0.2, 0.25) is 0 Å². The molecule has 0 saturated heterocycles. The quantitative estimate of drug-likeness (QED) is 0.787. The summed E-state index contributed by atoms with van der Waals surface area (Å²) in [5, 5.41) is 3.63. The van der Waals surface area contributed by atoms with Crippen molar-refractivity contribution in [1.82, 2.24) is 5.16 Å². The van der Waals surface area contributed by atoms with Crippen LogP contribution in [0.3, 0.4) is 0 Å². The molecule has 0 aliphatic carbocycles. The number of hydrogen-bond donors (Lipinski definition) is 0. The molecule has 2 rings (SSSR count). The van der Waals surface area contributed by atoms with Gasteiger partial charge >= 0.3 is 0 Å². The molecule has 0 spiro atoms. The van der Waals surface area contributed by atoms with Gasteiger partial charge in [-0.1, -0.05) is 25.9 Å². The average molecular weight is 263 g/mol. The van der Waals surface area contributed by atoms with E-state index < -0.39 is 0 Å². The van der Waals surface area contributed by atoms with E-state index in [0.717, 1.165) is 10.6 Å². The molecule has 0 aliphatic rings. The molecule has 0 N–H and O–H groups in total. The molecule has 0 aromatic carbocycles. The predicted octanol–water partition coefficient (Wildman–Crippen LogP) is 3.85. The Morgan fingerprint density at radius 1 is 1.33 bits per heavy atom. The normalized spacial score (nSPS) is 11.7. The van der Waals surface area contributed by atoms with Gasteiger partial charge < -0.3 is 4.52 Å². The molecular formula is C14H17NO2S. The maximum Gasteiger partial charge on any atom is 0.173 e. The molecule has 0 unspecified atom stereocenters. The van der Waals surface area contributed by atoms with Crippen molar-refractivity contribution in [2.75, 3.05) is 0 Å². The van der Waals surface area contributed by atoms with Crippen molar-refractivity contribution in [1.29, 1.82) is 0 Å². The molecule has 0 aliphatic heterocycles. The number of thiophene rings is 1. The minimum Gasteiger partial charge on any atom is -0.361 e. The first-order valence-electron chi connectivity index (χ1n) is 6.00.